The number of benzene rings is 1. The van der Waals surface area contributed by atoms with Crippen LogP contribution in [0.15, 0.2) is 34.9 Å². The van der Waals surface area contributed by atoms with E-state index in [1.54, 1.807) is 12.1 Å². The Labute approximate surface area is 103 Å². The lowest BCUT2D eigenvalue weighted by Gasteiger charge is -2.23. The van der Waals surface area contributed by atoms with E-state index in [-0.39, 0.29) is 29.1 Å². The van der Waals surface area contributed by atoms with Crippen LogP contribution in [0.2, 0.25) is 0 Å². The number of nitriles is 1. The van der Waals surface area contributed by atoms with Crippen LogP contribution < -0.4 is 5.32 Å². The molecule has 1 aromatic rings. The van der Waals surface area contributed by atoms with E-state index in [1.807, 2.05) is 6.07 Å². The maximum Gasteiger partial charge on any atom is 0.225 e. The van der Waals surface area contributed by atoms with Gasteiger partial charge in [0.2, 0.25) is 5.91 Å². The average molecular weight is 248 g/mol. The molecular weight excluding hydrogens is 239 g/mol. The summed E-state index contributed by atoms with van der Waals surface area (Å²) in [6.07, 6.45) is 0.179. The molecule has 0 saturated heterocycles. The van der Waals surface area contributed by atoms with Gasteiger partial charge in [0.15, 0.2) is 0 Å². The number of carbonyl (C=O) groups is 1. The Kier molecular flexibility index (Phi) is 3.16. The zero-order chi connectivity index (χ0) is 12.4. The van der Waals surface area contributed by atoms with Crippen molar-refractivity contribution < 1.29 is 9.18 Å². The van der Waals surface area contributed by atoms with Crippen molar-refractivity contribution in [2.24, 2.45) is 0 Å². The van der Waals surface area contributed by atoms with Crippen molar-refractivity contribution in [2.75, 3.05) is 0 Å². The van der Waals surface area contributed by atoms with Gasteiger partial charge in [0.05, 0.1) is 16.7 Å². The van der Waals surface area contributed by atoms with Gasteiger partial charge < -0.3 is 5.32 Å². The number of thiol groups is 1. The second-order valence-electron chi connectivity index (χ2n) is 3.73. The van der Waals surface area contributed by atoms with Crippen molar-refractivity contribution in [2.45, 2.75) is 12.3 Å². The van der Waals surface area contributed by atoms with E-state index in [9.17, 15) is 9.18 Å². The van der Waals surface area contributed by atoms with Gasteiger partial charge in [-0.2, -0.15) is 5.26 Å². The van der Waals surface area contributed by atoms with Crippen LogP contribution in [-0.4, -0.2) is 5.91 Å². The second kappa shape index (κ2) is 4.60. The summed E-state index contributed by atoms with van der Waals surface area (Å²) in [6, 6.07) is 7.82. The lowest BCUT2D eigenvalue weighted by atomic mass is 9.87. The normalized spacial score (nSPS) is 19.8. The van der Waals surface area contributed by atoms with Crippen molar-refractivity contribution in [1.29, 1.82) is 5.26 Å². The third kappa shape index (κ3) is 2.32. The number of hydrogen-bond acceptors (Lipinski definition) is 3. The minimum absolute atomic E-state index is 0.179. The fraction of sp³-hybridized carbons (Fsp3) is 0.167. The molecule has 1 unspecified atom stereocenters. The number of amides is 1. The summed E-state index contributed by atoms with van der Waals surface area (Å²) >= 11 is 4.08. The summed E-state index contributed by atoms with van der Waals surface area (Å²) in [5.74, 6) is -0.882. The highest BCUT2D eigenvalue weighted by molar-refractivity contribution is 7.84. The molecule has 1 heterocycles. The molecule has 1 aliphatic heterocycles. The Morgan fingerprint density at radius 3 is 2.65 bits per heavy atom. The summed E-state index contributed by atoms with van der Waals surface area (Å²) in [4.78, 5) is 11.4. The molecule has 0 saturated carbocycles. The molecule has 17 heavy (non-hydrogen) atoms. The number of nitrogens with zero attached hydrogens (tertiary/aromatic N) is 1. The topological polar surface area (TPSA) is 52.9 Å². The van der Waals surface area contributed by atoms with E-state index >= 15 is 0 Å². The lowest BCUT2D eigenvalue weighted by Crippen LogP contribution is -2.29. The maximum absolute atomic E-state index is 12.8. The number of carbonyl (C=O) groups excluding carboxylic acids is 1. The van der Waals surface area contributed by atoms with Gasteiger partial charge in [-0.15, -0.1) is 12.6 Å². The molecule has 86 valence electrons. The van der Waals surface area contributed by atoms with Crippen LogP contribution in [0.1, 0.15) is 17.9 Å². The minimum Gasteiger partial charge on any atom is -0.320 e. The fourth-order valence-electron chi connectivity index (χ4n) is 1.81. The molecule has 1 amide bonds. The molecule has 3 nitrogen and oxygen atoms in total. The van der Waals surface area contributed by atoms with Crippen molar-refractivity contribution in [3.05, 3.63) is 46.2 Å². The van der Waals surface area contributed by atoms with Crippen LogP contribution >= 0.6 is 12.6 Å². The van der Waals surface area contributed by atoms with E-state index < -0.39 is 0 Å². The van der Waals surface area contributed by atoms with Gasteiger partial charge in [-0.05, 0) is 17.7 Å². The molecule has 2 rings (SSSR count). The minimum atomic E-state index is -0.346. The first-order valence-electron chi connectivity index (χ1n) is 5.00. The van der Waals surface area contributed by atoms with Crippen molar-refractivity contribution >= 4 is 18.5 Å². The summed E-state index contributed by atoms with van der Waals surface area (Å²) < 4.78 is 12.8. The van der Waals surface area contributed by atoms with Crippen molar-refractivity contribution in [3.63, 3.8) is 0 Å². The Hall–Kier alpha value is -1.80. The first-order valence-corrected chi connectivity index (χ1v) is 5.45. The zero-order valence-electron chi connectivity index (χ0n) is 8.77. The molecule has 1 atom stereocenters. The summed E-state index contributed by atoms with van der Waals surface area (Å²) in [5, 5.41) is 11.8. The third-order valence-corrected chi connectivity index (χ3v) is 3.00. The van der Waals surface area contributed by atoms with Gasteiger partial charge in [0.25, 0.3) is 0 Å². The Balaban J connectivity index is 2.43. The average Bonchev–Trinajstić information content (AvgIpc) is 2.29. The number of nitrogens with one attached hydrogen (secondary N) is 1. The van der Waals surface area contributed by atoms with Gasteiger partial charge in [0, 0.05) is 12.3 Å². The summed E-state index contributed by atoms with van der Waals surface area (Å²) in [7, 11) is 0. The molecule has 1 N–H and O–H groups in total. The van der Waals surface area contributed by atoms with Gasteiger partial charge >= 0.3 is 0 Å². The van der Waals surface area contributed by atoms with Gasteiger partial charge in [-0.1, -0.05) is 12.1 Å². The smallest absolute Gasteiger partial charge is 0.225 e. The number of rotatable bonds is 1. The highest BCUT2D eigenvalue weighted by Gasteiger charge is 2.27. The van der Waals surface area contributed by atoms with E-state index in [0.717, 1.165) is 5.56 Å². The summed E-state index contributed by atoms with van der Waals surface area (Å²) in [6.45, 7) is 0. The van der Waals surface area contributed by atoms with Gasteiger partial charge in [0.1, 0.15) is 5.82 Å². The fourth-order valence-corrected chi connectivity index (χ4v) is 2.14. The first-order chi connectivity index (χ1) is 8.11. The highest BCUT2D eigenvalue weighted by Crippen LogP contribution is 2.33. The Morgan fingerprint density at radius 2 is 2.06 bits per heavy atom. The van der Waals surface area contributed by atoms with E-state index in [4.69, 9.17) is 5.26 Å². The lowest BCUT2D eigenvalue weighted by molar-refractivity contribution is -0.120. The number of allylic oxidation sites excluding steroid dienone is 1. The number of hydrogen-bond donors (Lipinski definition) is 2. The van der Waals surface area contributed by atoms with Gasteiger partial charge in [-0.25, -0.2) is 4.39 Å². The second-order valence-corrected chi connectivity index (χ2v) is 4.18. The Morgan fingerprint density at radius 1 is 1.41 bits per heavy atom. The monoisotopic (exact) mass is 248 g/mol. The van der Waals surface area contributed by atoms with Crippen LogP contribution in [0.25, 0.3) is 0 Å². The maximum atomic E-state index is 12.8. The molecule has 0 aliphatic carbocycles. The van der Waals surface area contributed by atoms with Crippen LogP contribution in [0.4, 0.5) is 4.39 Å². The molecule has 0 aromatic heterocycles. The predicted molar refractivity (Wildman–Crippen MR) is 63.5 cm³/mol. The summed E-state index contributed by atoms with van der Waals surface area (Å²) in [5.41, 5.74) is 1.14. The molecule has 1 aliphatic rings. The molecular formula is C12H9FN2OS. The van der Waals surface area contributed by atoms with E-state index in [0.29, 0.717) is 5.57 Å². The molecule has 0 fully saturated rings. The van der Waals surface area contributed by atoms with Crippen LogP contribution in [0.3, 0.4) is 0 Å². The third-order valence-electron chi connectivity index (χ3n) is 2.64. The predicted octanol–water partition coefficient (Wildman–Crippen LogP) is 2.09. The Bertz CT molecular complexity index is 530. The molecule has 5 heteroatoms. The van der Waals surface area contributed by atoms with E-state index in [1.165, 1.54) is 12.1 Å². The molecule has 0 radical (unpaired) electrons. The highest BCUT2D eigenvalue weighted by atomic mass is 32.1. The van der Waals surface area contributed by atoms with Crippen LogP contribution in [-0.2, 0) is 4.79 Å². The number of halogens is 1. The van der Waals surface area contributed by atoms with Crippen molar-refractivity contribution in [1.82, 2.24) is 5.32 Å². The first kappa shape index (κ1) is 11.7. The van der Waals surface area contributed by atoms with Gasteiger partial charge in [-0.3, -0.25) is 4.79 Å². The quantitative estimate of drug-likeness (QED) is 0.748. The SMILES string of the molecule is N#CC1=C(S)NC(=O)CC1c1ccc(F)cc1. The zero-order valence-corrected chi connectivity index (χ0v) is 9.67. The molecule has 0 spiro atoms. The van der Waals surface area contributed by atoms with E-state index in [2.05, 4.69) is 17.9 Å². The van der Waals surface area contributed by atoms with Crippen LogP contribution in [0.5, 0.6) is 0 Å². The van der Waals surface area contributed by atoms with Crippen LogP contribution in [0, 0.1) is 17.1 Å². The van der Waals surface area contributed by atoms with Crippen molar-refractivity contribution in [3.8, 4) is 6.07 Å². The molecule has 1 aromatic carbocycles. The molecule has 0 bridgehead atoms. The largest absolute Gasteiger partial charge is 0.320 e. The standard InChI is InChI=1S/C12H9FN2OS/c13-8-3-1-7(2-4-8)9-5-11(16)15-12(17)10(9)6-14/h1-4,9,17H,5H2,(H,15,16).